The summed E-state index contributed by atoms with van der Waals surface area (Å²) >= 11 is 5.97. The summed E-state index contributed by atoms with van der Waals surface area (Å²) < 4.78 is 0. The highest BCUT2D eigenvalue weighted by Gasteiger charge is 2.18. The van der Waals surface area contributed by atoms with Crippen molar-refractivity contribution < 1.29 is 0 Å². The average Bonchev–Trinajstić information content (AvgIpc) is 2.58. The molecule has 1 N–H and O–H groups in total. The van der Waals surface area contributed by atoms with E-state index < -0.39 is 0 Å². The number of hydrogen-bond acceptors (Lipinski definition) is 3. The fourth-order valence-electron chi connectivity index (χ4n) is 2.46. The van der Waals surface area contributed by atoms with E-state index in [2.05, 4.69) is 21.5 Å². The third-order valence-corrected chi connectivity index (χ3v) is 3.95. The summed E-state index contributed by atoms with van der Waals surface area (Å²) in [5.41, 5.74) is 5.65. The number of pyridine rings is 1. The summed E-state index contributed by atoms with van der Waals surface area (Å²) in [6.07, 6.45) is 5.59. The van der Waals surface area contributed by atoms with Crippen molar-refractivity contribution in [2.75, 3.05) is 20.1 Å². The predicted molar refractivity (Wildman–Crippen MR) is 71.2 cm³/mol. The van der Waals surface area contributed by atoms with Gasteiger partial charge in [0.2, 0.25) is 0 Å². The maximum atomic E-state index is 5.97. The van der Waals surface area contributed by atoms with Crippen molar-refractivity contribution in [1.29, 1.82) is 0 Å². The fraction of sp³-hybridized carbons (Fsp3) is 0.615. The molecule has 0 spiro atoms. The third kappa shape index (κ3) is 3.18. The van der Waals surface area contributed by atoms with Crippen LogP contribution in [0, 0.1) is 6.92 Å². The third-order valence-electron chi connectivity index (χ3n) is 3.55. The molecule has 1 atom stereocenters. The van der Waals surface area contributed by atoms with Crippen molar-refractivity contribution in [3.05, 3.63) is 28.5 Å². The van der Waals surface area contributed by atoms with E-state index in [1.54, 1.807) is 0 Å². The number of halogens is 1. The Morgan fingerprint density at radius 1 is 1.41 bits per heavy atom. The molecular formula is C13H20ClN3. The summed E-state index contributed by atoms with van der Waals surface area (Å²) in [5.74, 6) is 0.622. The van der Waals surface area contributed by atoms with Crippen molar-refractivity contribution in [2.45, 2.75) is 32.1 Å². The molecule has 2 rings (SSSR count). The maximum absolute atomic E-state index is 5.97. The lowest BCUT2D eigenvalue weighted by molar-refractivity contribution is 0.216. The molecule has 4 heteroatoms. The molecule has 3 nitrogen and oxygen atoms in total. The van der Waals surface area contributed by atoms with Crippen molar-refractivity contribution in [2.24, 2.45) is 0 Å². The Kier molecular flexibility index (Phi) is 4.37. The van der Waals surface area contributed by atoms with E-state index in [0.29, 0.717) is 11.1 Å². The number of hydrazine groups is 1. The smallest absolute Gasteiger partial charge is 0.131 e. The summed E-state index contributed by atoms with van der Waals surface area (Å²) in [6, 6.07) is 2.19. The van der Waals surface area contributed by atoms with Gasteiger partial charge in [-0.05, 0) is 50.3 Å². The number of hydrogen-bond donors (Lipinski definition) is 1. The molecule has 0 radical (unpaired) electrons. The van der Waals surface area contributed by atoms with Crippen LogP contribution in [0.2, 0.25) is 5.15 Å². The largest absolute Gasteiger partial charge is 0.258 e. The van der Waals surface area contributed by atoms with E-state index in [1.165, 1.54) is 24.8 Å². The number of rotatable bonds is 2. The van der Waals surface area contributed by atoms with Crippen molar-refractivity contribution >= 4 is 11.6 Å². The minimum atomic E-state index is 0.622. The van der Waals surface area contributed by atoms with Crippen LogP contribution in [0.3, 0.4) is 0 Å². The Bertz CT molecular complexity index is 381. The molecule has 1 aromatic rings. The molecule has 0 unspecified atom stereocenters. The van der Waals surface area contributed by atoms with Gasteiger partial charge in [0.25, 0.3) is 0 Å². The quantitative estimate of drug-likeness (QED) is 0.822. The molecule has 1 aromatic heterocycles. The molecule has 0 saturated carbocycles. The number of aromatic nitrogens is 1. The fourth-order valence-corrected chi connectivity index (χ4v) is 2.56. The molecule has 94 valence electrons. The normalized spacial score (nSPS) is 22.4. The molecule has 0 amide bonds. The Balaban J connectivity index is 2.08. The Hall–Kier alpha value is -0.640. The van der Waals surface area contributed by atoms with Gasteiger partial charge in [0.15, 0.2) is 0 Å². The molecule has 2 heterocycles. The zero-order valence-corrected chi connectivity index (χ0v) is 11.3. The lowest BCUT2D eigenvalue weighted by Crippen LogP contribution is -2.35. The Morgan fingerprint density at radius 2 is 2.24 bits per heavy atom. The number of nitrogens with one attached hydrogen (secondary N) is 1. The van der Waals surface area contributed by atoms with Crippen LogP contribution >= 0.6 is 11.6 Å². The van der Waals surface area contributed by atoms with E-state index in [9.17, 15) is 0 Å². The van der Waals surface area contributed by atoms with Gasteiger partial charge in [-0.25, -0.2) is 9.99 Å². The van der Waals surface area contributed by atoms with Gasteiger partial charge in [0.05, 0.1) is 0 Å². The molecule has 17 heavy (non-hydrogen) atoms. The summed E-state index contributed by atoms with van der Waals surface area (Å²) in [7, 11) is 1.99. The topological polar surface area (TPSA) is 28.2 Å². The Labute approximate surface area is 108 Å². The summed E-state index contributed by atoms with van der Waals surface area (Å²) in [4.78, 5) is 4.26. The first-order chi connectivity index (χ1) is 8.20. The first-order valence-corrected chi connectivity index (χ1v) is 6.63. The second kappa shape index (κ2) is 5.80. The molecule has 1 saturated heterocycles. The number of aryl methyl sites for hydroxylation is 1. The van der Waals surface area contributed by atoms with Gasteiger partial charge in [0, 0.05) is 19.3 Å². The maximum Gasteiger partial charge on any atom is 0.131 e. The van der Waals surface area contributed by atoms with Crippen molar-refractivity contribution in [3.63, 3.8) is 0 Å². The van der Waals surface area contributed by atoms with Crippen molar-refractivity contribution in [3.8, 4) is 0 Å². The van der Waals surface area contributed by atoms with E-state index in [-0.39, 0.29) is 0 Å². The standard InChI is InChI=1S/C13H20ClN3/c1-10-8-12(9-16-13(10)14)11-4-3-6-17(15-2)7-5-11/h8-9,11,15H,3-7H2,1-2H3/t11-/m1/s1. The molecule has 0 aliphatic carbocycles. The molecule has 0 aromatic carbocycles. The van der Waals surface area contributed by atoms with Gasteiger partial charge >= 0.3 is 0 Å². The highest BCUT2D eigenvalue weighted by Crippen LogP contribution is 2.28. The highest BCUT2D eigenvalue weighted by molar-refractivity contribution is 6.30. The van der Waals surface area contributed by atoms with Crippen molar-refractivity contribution in [1.82, 2.24) is 15.4 Å². The summed E-state index contributed by atoms with van der Waals surface area (Å²) in [5, 5.41) is 2.91. The highest BCUT2D eigenvalue weighted by atomic mass is 35.5. The number of nitrogens with zero attached hydrogens (tertiary/aromatic N) is 2. The van der Waals surface area contributed by atoms with E-state index >= 15 is 0 Å². The summed E-state index contributed by atoms with van der Waals surface area (Å²) in [6.45, 7) is 4.26. The minimum Gasteiger partial charge on any atom is -0.258 e. The van der Waals surface area contributed by atoms with Crippen LogP contribution in [0.15, 0.2) is 12.3 Å². The van der Waals surface area contributed by atoms with Gasteiger partial charge in [-0.1, -0.05) is 17.7 Å². The van der Waals surface area contributed by atoms with Gasteiger partial charge in [-0.3, -0.25) is 5.43 Å². The van der Waals surface area contributed by atoms with Crippen LogP contribution in [0.4, 0.5) is 0 Å². The molecule has 0 bridgehead atoms. The Morgan fingerprint density at radius 3 is 2.94 bits per heavy atom. The molecular weight excluding hydrogens is 234 g/mol. The van der Waals surface area contributed by atoms with Gasteiger partial charge < -0.3 is 0 Å². The van der Waals surface area contributed by atoms with E-state index in [0.717, 1.165) is 18.7 Å². The first-order valence-electron chi connectivity index (χ1n) is 6.25. The predicted octanol–water partition coefficient (Wildman–Crippen LogP) is 2.75. The zero-order chi connectivity index (χ0) is 12.3. The molecule has 1 aliphatic heterocycles. The average molecular weight is 254 g/mol. The lowest BCUT2D eigenvalue weighted by Gasteiger charge is -2.18. The SMILES string of the molecule is CNN1CCC[C@@H](c2cnc(Cl)c(C)c2)CC1. The van der Waals surface area contributed by atoms with E-state index in [4.69, 9.17) is 11.6 Å². The lowest BCUT2D eigenvalue weighted by atomic mass is 9.93. The second-order valence-electron chi connectivity index (χ2n) is 4.71. The minimum absolute atomic E-state index is 0.622. The van der Waals surface area contributed by atoms with Crippen LogP contribution in [-0.2, 0) is 0 Å². The van der Waals surface area contributed by atoms with Crippen LogP contribution in [-0.4, -0.2) is 30.1 Å². The van der Waals surface area contributed by atoms with Crippen LogP contribution in [0.5, 0.6) is 0 Å². The van der Waals surface area contributed by atoms with Crippen LogP contribution in [0.25, 0.3) is 0 Å². The molecule has 1 aliphatic rings. The van der Waals surface area contributed by atoms with Crippen LogP contribution < -0.4 is 5.43 Å². The molecule has 1 fully saturated rings. The van der Waals surface area contributed by atoms with Gasteiger partial charge in [0.1, 0.15) is 5.15 Å². The monoisotopic (exact) mass is 253 g/mol. The van der Waals surface area contributed by atoms with Crippen LogP contribution in [0.1, 0.15) is 36.3 Å². The van der Waals surface area contributed by atoms with E-state index in [1.807, 2.05) is 20.2 Å². The van der Waals surface area contributed by atoms with Gasteiger partial charge in [-0.15, -0.1) is 0 Å². The van der Waals surface area contributed by atoms with Gasteiger partial charge in [-0.2, -0.15) is 0 Å². The first kappa shape index (κ1) is 12.8. The second-order valence-corrected chi connectivity index (χ2v) is 5.07. The zero-order valence-electron chi connectivity index (χ0n) is 10.5.